The van der Waals surface area contributed by atoms with Crippen molar-refractivity contribution in [3.63, 3.8) is 0 Å². The van der Waals surface area contributed by atoms with Crippen molar-refractivity contribution in [2.45, 2.75) is 23.8 Å². The van der Waals surface area contributed by atoms with Crippen LogP contribution in [-0.4, -0.2) is 38.4 Å². The highest BCUT2D eigenvalue weighted by atomic mass is 32.2. The summed E-state index contributed by atoms with van der Waals surface area (Å²) in [6.45, 7) is 1.74. The summed E-state index contributed by atoms with van der Waals surface area (Å²) in [6, 6.07) is 6.07. The van der Waals surface area contributed by atoms with E-state index in [0.29, 0.717) is 5.25 Å². The molecule has 0 radical (unpaired) electrons. The molecule has 1 N–H and O–H groups in total. The normalized spacial score (nSPS) is 15.4. The zero-order chi connectivity index (χ0) is 16.9. The average Bonchev–Trinajstić information content (AvgIpc) is 2.68. The molecule has 1 aromatic carbocycles. The van der Waals surface area contributed by atoms with Gasteiger partial charge in [-0.25, -0.2) is 19.9 Å². The highest BCUT2D eigenvalue weighted by Gasteiger charge is 2.14. The average molecular weight is 353 g/mol. The number of anilines is 2. The first-order chi connectivity index (χ1) is 12.4. The highest BCUT2D eigenvalue weighted by Crippen LogP contribution is 2.26. The van der Waals surface area contributed by atoms with E-state index in [1.165, 1.54) is 6.33 Å². The molecule has 128 valence electrons. The first kappa shape index (κ1) is 16.2. The Bertz CT molecular complexity index is 839. The maximum absolute atomic E-state index is 5.41. The van der Waals surface area contributed by atoms with E-state index in [2.05, 4.69) is 20.3 Å². The van der Waals surface area contributed by atoms with Gasteiger partial charge in [0.15, 0.2) is 0 Å². The Labute approximate surface area is 150 Å². The summed E-state index contributed by atoms with van der Waals surface area (Å²) in [5, 5.41) is 4.98. The van der Waals surface area contributed by atoms with Crippen molar-refractivity contribution in [1.82, 2.24) is 19.9 Å². The Morgan fingerprint density at radius 3 is 2.76 bits per heavy atom. The number of benzene rings is 1. The van der Waals surface area contributed by atoms with E-state index in [1.54, 1.807) is 12.4 Å². The van der Waals surface area contributed by atoms with E-state index < -0.39 is 0 Å². The SMILES string of the molecule is c1ncc(Nc2ccc3cnc(CSC4CCOCC4)nc3c2)cn1. The first-order valence-electron chi connectivity index (χ1n) is 8.34. The van der Waals surface area contributed by atoms with Crippen LogP contribution in [0.2, 0.25) is 0 Å². The van der Waals surface area contributed by atoms with Crippen molar-refractivity contribution in [3.8, 4) is 0 Å². The van der Waals surface area contributed by atoms with Gasteiger partial charge < -0.3 is 10.1 Å². The lowest BCUT2D eigenvalue weighted by atomic mass is 10.2. The van der Waals surface area contributed by atoms with Gasteiger partial charge in [0.05, 0.1) is 29.4 Å². The van der Waals surface area contributed by atoms with Crippen molar-refractivity contribution in [1.29, 1.82) is 0 Å². The lowest BCUT2D eigenvalue weighted by molar-refractivity contribution is 0.1000. The standard InChI is InChI=1S/C18H19N5OS/c1-2-14(22-15-9-19-12-20-10-15)7-17-13(1)8-21-18(23-17)11-25-16-3-5-24-6-4-16/h1-2,7-10,12,16,22H,3-6,11H2. The van der Waals surface area contributed by atoms with Crippen LogP contribution in [-0.2, 0) is 10.5 Å². The van der Waals surface area contributed by atoms with Crippen molar-refractivity contribution in [2.75, 3.05) is 18.5 Å². The molecule has 3 aromatic rings. The second-order valence-corrected chi connectivity index (χ2v) is 7.22. The number of hydrogen-bond donors (Lipinski definition) is 1. The third-order valence-corrected chi connectivity index (χ3v) is 5.47. The van der Waals surface area contributed by atoms with Gasteiger partial charge in [0, 0.05) is 35.7 Å². The molecule has 0 amide bonds. The third kappa shape index (κ3) is 4.24. The van der Waals surface area contributed by atoms with Gasteiger partial charge in [-0.3, -0.25) is 0 Å². The molecule has 0 spiro atoms. The van der Waals surface area contributed by atoms with Crippen LogP contribution < -0.4 is 5.32 Å². The number of nitrogens with zero attached hydrogens (tertiary/aromatic N) is 4. The second-order valence-electron chi connectivity index (χ2n) is 5.93. The summed E-state index contributed by atoms with van der Waals surface area (Å²) in [5.41, 5.74) is 2.76. The minimum absolute atomic E-state index is 0.652. The number of aromatic nitrogens is 4. The maximum Gasteiger partial charge on any atom is 0.138 e. The summed E-state index contributed by atoms with van der Waals surface area (Å²) in [4.78, 5) is 17.3. The Kier molecular flexibility index (Phi) is 5.03. The van der Waals surface area contributed by atoms with E-state index in [0.717, 1.165) is 59.9 Å². The topological polar surface area (TPSA) is 72.8 Å². The third-order valence-electron chi connectivity index (χ3n) is 4.10. The van der Waals surface area contributed by atoms with Crippen molar-refractivity contribution in [2.24, 2.45) is 0 Å². The van der Waals surface area contributed by atoms with Crippen LogP contribution in [0, 0.1) is 0 Å². The van der Waals surface area contributed by atoms with Gasteiger partial charge in [-0.2, -0.15) is 11.8 Å². The van der Waals surface area contributed by atoms with Crippen LogP contribution >= 0.6 is 11.8 Å². The van der Waals surface area contributed by atoms with E-state index in [9.17, 15) is 0 Å². The number of hydrogen-bond acceptors (Lipinski definition) is 7. The fourth-order valence-electron chi connectivity index (χ4n) is 2.77. The van der Waals surface area contributed by atoms with Crippen LogP contribution in [0.1, 0.15) is 18.7 Å². The molecule has 1 aliphatic rings. The number of thioether (sulfide) groups is 1. The van der Waals surface area contributed by atoms with Gasteiger partial charge in [0.1, 0.15) is 12.2 Å². The molecule has 4 rings (SSSR count). The quantitative estimate of drug-likeness (QED) is 0.751. The Morgan fingerprint density at radius 2 is 1.92 bits per heavy atom. The first-order valence-corrected chi connectivity index (χ1v) is 9.39. The molecule has 0 bridgehead atoms. The van der Waals surface area contributed by atoms with E-state index in [1.807, 2.05) is 36.2 Å². The molecule has 6 nitrogen and oxygen atoms in total. The Morgan fingerprint density at radius 1 is 1.08 bits per heavy atom. The number of ether oxygens (including phenoxy) is 1. The van der Waals surface area contributed by atoms with Gasteiger partial charge in [-0.05, 0) is 31.0 Å². The molecule has 0 atom stereocenters. The summed E-state index contributed by atoms with van der Waals surface area (Å²) in [7, 11) is 0. The molecule has 0 unspecified atom stereocenters. The molecule has 3 heterocycles. The lowest BCUT2D eigenvalue weighted by Gasteiger charge is -2.21. The van der Waals surface area contributed by atoms with Crippen LogP contribution in [0.4, 0.5) is 11.4 Å². The summed E-state index contributed by atoms with van der Waals surface area (Å²) in [5.74, 6) is 1.72. The molecule has 25 heavy (non-hydrogen) atoms. The van der Waals surface area contributed by atoms with Gasteiger partial charge >= 0.3 is 0 Å². The minimum atomic E-state index is 0.652. The molecular formula is C18H19N5OS. The maximum atomic E-state index is 5.41. The smallest absolute Gasteiger partial charge is 0.138 e. The van der Waals surface area contributed by atoms with Gasteiger partial charge in [-0.15, -0.1) is 0 Å². The molecule has 1 saturated heterocycles. The largest absolute Gasteiger partial charge is 0.381 e. The molecular weight excluding hydrogens is 334 g/mol. The molecule has 1 aliphatic heterocycles. The second kappa shape index (κ2) is 7.76. The van der Waals surface area contributed by atoms with Crippen LogP contribution in [0.15, 0.2) is 43.1 Å². The molecule has 1 fully saturated rings. The lowest BCUT2D eigenvalue weighted by Crippen LogP contribution is -2.17. The zero-order valence-corrected chi connectivity index (χ0v) is 14.6. The molecule has 0 aliphatic carbocycles. The summed E-state index contributed by atoms with van der Waals surface area (Å²) in [6.07, 6.45) is 9.13. The van der Waals surface area contributed by atoms with E-state index >= 15 is 0 Å². The number of fused-ring (bicyclic) bond motifs is 1. The van der Waals surface area contributed by atoms with Gasteiger partial charge in [-0.1, -0.05) is 0 Å². The predicted octanol–water partition coefficient (Wildman–Crippen LogP) is 3.58. The Hall–Kier alpha value is -2.25. The molecule has 0 saturated carbocycles. The van der Waals surface area contributed by atoms with Gasteiger partial charge in [0.2, 0.25) is 0 Å². The van der Waals surface area contributed by atoms with Crippen LogP contribution in [0.3, 0.4) is 0 Å². The number of nitrogens with one attached hydrogen (secondary N) is 1. The van der Waals surface area contributed by atoms with Crippen molar-refractivity contribution in [3.05, 3.63) is 48.9 Å². The fraction of sp³-hybridized carbons (Fsp3) is 0.333. The van der Waals surface area contributed by atoms with Crippen LogP contribution in [0.25, 0.3) is 10.9 Å². The molecule has 2 aromatic heterocycles. The van der Waals surface area contributed by atoms with E-state index in [4.69, 9.17) is 9.72 Å². The van der Waals surface area contributed by atoms with Gasteiger partial charge in [0.25, 0.3) is 0 Å². The monoisotopic (exact) mass is 353 g/mol. The minimum Gasteiger partial charge on any atom is -0.381 e. The highest BCUT2D eigenvalue weighted by molar-refractivity contribution is 7.99. The summed E-state index contributed by atoms with van der Waals surface area (Å²) < 4.78 is 5.41. The fourth-order valence-corrected chi connectivity index (χ4v) is 3.82. The zero-order valence-electron chi connectivity index (χ0n) is 13.8. The number of rotatable bonds is 5. The van der Waals surface area contributed by atoms with Crippen LogP contribution in [0.5, 0.6) is 0 Å². The van der Waals surface area contributed by atoms with Crippen molar-refractivity contribution < 1.29 is 4.74 Å². The Balaban J connectivity index is 1.48. The predicted molar refractivity (Wildman–Crippen MR) is 100.0 cm³/mol. The summed E-state index contributed by atoms with van der Waals surface area (Å²) >= 11 is 1.93. The van der Waals surface area contributed by atoms with Crippen molar-refractivity contribution >= 4 is 34.0 Å². The van der Waals surface area contributed by atoms with E-state index in [-0.39, 0.29) is 0 Å². The molecule has 7 heteroatoms.